The quantitative estimate of drug-likeness (QED) is 0.669. The van der Waals surface area contributed by atoms with Crippen LogP contribution in [-0.4, -0.2) is 56.7 Å². The average molecular weight is 239 g/mol. The molecule has 2 fully saturated rings. The molecule has 2 heteroatoms. The van der Waals surface area contributed by atoms with Crippen LogP contribution in [0, 0.1) is 16.7 Å². The van der Waals surface area contributed by atoms with Crippen molar-refractivity contribution in [3.8, 4) is 0 Å². The Hall–Kier alpha value is -0.0800. The molecule has 0 unspecified atom stereocenters. The Balaban J connectivity index is 2.49. The monoisotopic (exact) mass is 239 g/mol. The van der Waals surface area contributed by atoms with Gasteiger partial charge in [0.1, 0.15) is 6.04 Å². The molecule has 0 aliphatic heterocycles. The van der Waals surface area contributed by atoms with Gasteiger partial charge in [0.05, 0.1) is 27.2 Å². The zero-order chi connectivity index (χ0) is 13.2. The van der Waals surface area contributed by atoms with Gasteiger partial charge in [-0.15, -0.1) is 0 Å². The summed E-state index contributed by atoms with van der Waals surface area (Å²) in [5.41, 5.74) is 0.968. The Bertz CT molecular complexity index is 313. The van der Waals surface area contributed by atoms with Crippen molar-refractivity contribution in [1.29, 1.82) is 0 Å². The van der Waals surface area contributed by atoms with Crippen molar-refractivity contribution < 1.29 is 4.48 Å². The average Bonchev–Trinajstić information content (AvgIpc) is 2.44. The normalized spacial score (nSPS) is 44.6. The molecular formula is C15H31N2+. The third kappa shape index (κ3) is 1.53. The summed E-state index contributed by atoms with van der Waals surface area (Å²) in [6.45, 7) is 7.56. The molecule has 2 bridgehead atoms. The lowest BCUT2D eigenvalue weighted by Gasteiger charge is -2.47. The minimum Gasteiger partial charge on any atom is -0.327 e. The largest absolute Gasteiger partial charge is 0.327 e. The zero-order valence-corrected chi connectivity index (χ0v) is 13.0. The van der Waals surface area contributed by atoms with E-state index in [0.29, 0.717) is 10.8 Å². The van der Waals surface area contributed by atoms with E-state index in [1.54, 1.807) is 0 Å². The van der Waals surface area contributed by atoms with E-state index in [4.69, 9.17) is 0 Å². The topological polar surface area (TPSA) is 3.24 Å². The summed E-state index contributed by atoms with van der Waals surface area (Å²) in [4.78, 5) is 2.50. The van der Waals surface area contributed by atoms with Crippen molar-refractivity contribution in [3.05, 3.63) is 0 Å². The lowest BCUT2D eigenvalue weighted by atomic mass is 9.69. The number of nitrogens with zero attached hydrogens (tertiary/aromatic N) is 2. The number of rotatable bonds is 2. The van der Waals surface area contributed by atoms with Crippen molar-refractivity contribution in [2.75, 3.05) is 35.2 Å². The van der Waals surface area contributed by atoms with Gasteiger partial charge in [-0.1, -0.05) is 20.8 Å². The van der Waals surface area contributed by atoms with Gasteiger partial charge in [0.25, 0.3) is 0 Å². The summed E-state index contributed by atoms with van der Waals surface area (Å²) in [7, 11) is 11.7. The first-order valence-corrected chi connectivity index (χ1v) is 7.01. The number of hydrogen-bond acceptors (Lipinski definition) is 1. The molecule has 0 amide bonds. The summed E-state index contributed by atoms with van der Waals surface area (Å²) in [5.74, 6) is 0.875. The number of hydrogen-bond donors (Lipinski definition) is 0. The highest BCUT2D eigenvalue weighted by atomic mass is 15.4. The Morgan fingerprint density at radius 2 is 1.59 bits per heavy atom. The molecule has 2 nitrogen and oxygen atoms in total. The van der Waals surface area contributed by atoms with Gasteiger partial charge in [-0.3, -0.25) is 0 Å². The lowest BCUT2D eigenvalue weighted by Crippen LogP contribution is -2.60. The summed E-state index contributed by atoms with van der Waals surface area (Å²) in [6.07, 6.45) is 2.83. The molecule has 0 N–H and O–H groups in total. The standard InChI is InChI=1S/C15H31N2/c1-14(2)11-9-10-15(14,3)13(16(4)5)12(11)17(6,7)8/h11-13H,9-10H2,1-8H3/q+1/t11-,12-,13-,15-/m1/s1. The van der Waals surface area contributed by atoms with Crippen LogP contribution in [0.15, 0.2) is 0 Å². The Labute approximate surface area is 108 Å². The number of fused-ring (bicyclic) bond motifs is 2. The maximum Gasteiger partial charge on any atom is 0.108 e. The van der Waals surface area contributed by atoms with Crippen molar-refractivity contribution >= 4 is 0 Å². The molecule has 0 heterocycles. The first kappa shape index (κ1) is 13.4. The molecule has 2 saturated carbocycles. The van der Waals surface area contributed by atoms with Crippen LogP contribution in [0.5, 0.6) is 0 Å². The van der Waals surface area contributed by atoms with Crippen LogP contribution in [0.25, 0.3) is 0 Å². The molecular weight excluding hydrogens is 208 g/mol. The van der Waals surface area contributed by atoms with Crippen LogP contribution < -0.4 is 0 Å². The summed E-state index contributed by atoms with van der Waals surface area (Å²) < 4.78 is 1.10. The van der Waals surface area contributed by atoms with E-state index in [1.165, 1.54) is 12.8 Å². The van der Waals surface area contributed by atoms with E-state index in [1.807, 2.05) is 0 Å². The van der Waals surface area contributed by atoms with E-state index < -0.39 is 0 Å². The summed E-state index contributed by atoms with van der Waals surface area (Å²) in [5, 5.41) is 0. The molecule has 0 aromatic rings. The van der Waals surface area contributed by atoms with Gasteiger partial charge in [-0.25, -0.2) is 0 Å². The third-order valence-corrected chi connectivity index (χ3v) is 6.21. The van der Waals surface area contributed by atoms with Gasteiger partial charge in [0.2, 0.25) is 0 Å². The van der Waals surface area contributed by atoms with Crippen LogP contribution in [0.1, 0.15) is 33.6 Å². The minimum absolute atomic E-state index is 0.483. The van der Waals surface area contributed by atoms with Crippen molar-refractivity contribution in [1.82, 2.24) is 4.90 Å². The Morgan fingerprint density at radius 3 is 1.94 bits per heavy atom. The van der Waals surface area contributed by atoms with Gasteiger partial charge < -0.3 is 9.38 Å². The molecule has 0 spiro atoms. The van der Waals surface area contributed by atoms with Gasteiger partial charge in [-0.05, 0) is 37.8 Å². The first-order chi connectivity index (χ1) is 7.53. The molecule has 17 heavy (non-hydrogen) atoms. The molecule has 0 aromatic carbocycles. The predicted molar refractivity (Wildman–Crippen MR) is 73.9 cm³/mol. The second kappa shape index (κ2) is 3.48. The van der Waals surface area contributed by atoms with Crippen LogP contribution in [0.4, 0.5) is 0 Å². The predicted octanol–water partition coefficient (Wildman–Crippen LogP) is 2.45. The lowest BCUT2D eigenvalue weighted by molar-refractivity contribution is -0.902. The molecule has 2 rings (SSSR count). The SMILES string of the molecule is CN(C)[C@@H]1[C@H]([N+](C)(C)C)[C@H]2CC[C@@]1(C)C2(C)C. The second-order valence-electron chi connectivity index (χ2n) is 8.30. The third-order valence-electron chi connectivity index (χ3n) is 6.21. The van der Waals surface area contributed by atoms with Gasteiger partial charge in [0.15, 0.2) is 0 Å². The smallest absolute Gasteiger partial charge is 0.108 e. The molecule has 0 saturated heterocycles. The first-order valence-electron chi connectivity index (χ1n) is 7.01. The van der Waals surface area contributed by atoms with E-state index in [0.717, 1.165) is 22.5 Å². The highest BCUT2D eigenvalue weighted by molar-refractivity contribution is 5.17. The number of quaternary nitrogens is 1. The maximum atomic E-state index is 2.54. The van der Waals surface area contributed by atoms with Gasteiger partial charge >= 0.3 is 0 Å². The molecule has 0 aromatic heterocycles. The fraction of sp³-hybridized carbons (Fsp3) is 1.00. The van der Waals surface area contributed by atoms with Gasteiger partial charge in [-0.2, -0.15) is 0 Å². The Kier molecular flexibility index (Phi) is 2.73. The minimum atomic E-state index is 0.483. The molecule has 100 valence electrons. The Morgan fingerprint density at radius 1 is 1.06 bits per heavy atom. The fourth-order valence-corrected chi connectivity index (χ4v) is 5.12. The van der Waals surface area contributed by atoms with Gasteiger partial charge in [0, 0.05) is 5.92 Å². The van der Waals surface area contributed by atoms with E-state index >= 15 is 0 Å². The second-order valence-corrected chi connectivity index (χ2v) is 8.30. The van der Waals surface area contributed by atoms with Crippen LogP contribution in [0.2, 0.25) is 0 Å². The van der Waals surface area contributed by atoms with Crippen LogP contribution >= 0.6 is 0 Å². The fourth-order valence-electron chi connectivity index (χ4n) is 5.12. The summed E-state index contributed by atoms with van der Waals surface area (Å²) >= 11 is 0. The van der Waals surface area contributed by atoms with Crippen molar-refractivity contribution in [3.63, 3.8) is 0 Å². The van der Waals surface area contributed by atoms with Crippen molar-refractivity contribution in [2.45, 2.75) is 45.7 Å². The maximum absolute atomic E-state index is 2.54. The zero-order valence-electron chi connectivity index (χ0n) is 13.0. The highest BCUT2D eigenvalue weighted by Crippen LogP contribution is 2.67. The molecule has 2 aliphatic rings. The highest BCUT2D eigenvalue weighted by Gasteiger charge is 2.70. The number of likely N-dealkylation sites (N-methyl/N-ethyl adjacent to an activating group) is 2. The summed E-state index contributed by atoms with van der Waals surface area (Å²) in [6, 6.07) is 1.50. The van der Waals surface area contributed by atoms with Crippen LogP contribution in [-0.2, 0) is 0 Å². The van der Waals surface area contributed by atoms with E-state index in [-0.39, 0.29) is 0 Å². The molecule has 4 atom stereocenters. The van der Waals surface area contributed by atoms with E-state index in [2.05, 4.69) is 60.9 Å². The molecule has 2 aliphatic carbocycles. The molecule has 0 radical (unpaired) electrons. The van der Waals surface area contributed by atoms with Crippen molar-refractivity contribution in [2.24, 2.45) is 16.7 Å². The van der Waals surface area contributed by atoms with Crippen LogP contribution in [0.3, 0.4) is 0 Å². The van der Waals surface area contributed by atoms with E-state index in [9.17, 15) is 0 Å².